The summed E-state index contributed by atoms with van der Waals surface area (Å²) in [5.74, 6) is -2.01. The van der Waals surface area contributed by atoms with E-state index in [9.17, 15) is 0 Å². The lowest BCUT2D eigenvalue weighted by Gasteiger charge is -2.23. The number of methoxy groups -OCH3 is 2. The fourth-order valence-corrected chi connectivity index (χ4v) is 4.10. The number of nitrogens with two attached hydrogens (primary N) is 1. The zero-order chi connectivity index (χ0) is 28.0. The van der Waals surface area contributed by atoms with Gasteiger partial charge in [-0.3, -0.25) is 0 Å². The minimum atomic E-state index is -2.07. The van der Waals surface area contributed by atoms with Crippen molar-refractivity contribution in [2.45, 2.75) is 18.3 Å². The van der Waals surface area contributed by atoms with Gasteiger partial charge >= 0.3 is 5.97 Å². The molecule has 39 heavy (non-hydrogen) atoms. The van der Waals surface area contributed by atoms with Crippen LogP contribution < -0.4 is 24.6 Å². The fraction of sp³-hybridized carbons (Fsp3) is 0.310. The van der Waals surface area contributed by atoms with Crippen molar-refractivity contribution in [3.8, 4) is 17.2 Å². The minimum Gasteiger partial charge on any atom is -0.539 e. The second-order valence-corrected chi connectivity index (χ2v) is 8.50. The summed E-state index contributed by atoms with van der Waals surface area (Å²) in [6.07, 6.45) is -0.270. The molecule has 3 aromatic carbocycles. The predicted octanol–water partition coefficient (Wildman–Crippen LogP) is 1.04. The van der Waals surface area contributed by atoms with Gasteiger partial charge in [0.1, 0.15) is 25.8 Å². The number of quaternary nitrogens is 1. The number of carboxylic acid groups (broad SMARTS) is 2. The van der Waals surface area contributed by atoms with E-state index in [1.54, 1.807) is 14.2 Å². The number of hydrogen-bond acceptors (Lipinski definition) is 8. The molecule has 3 N–H and O–H groups in total. The van der Waals surface area contributed by atoms with Gasteiger partial charge in [0.25, 0.3) is 0 Å². The lowest BCUT2D eigenvalue weighted by atomic mass is 9.91. The van der Waals surface area contributed by atoms with Crippen LogP contribution in [0, 0.1) is 0 Å². The Bertz CT molecular complexity index is 1100. The first-order valence-corrected chi connectivity index (χ1v) is 12.4. The first-order chi connectivity index (χ1) is 18.9. The van der Waals surface area contributed by atoms with Crippen molar-refractivity contribution in [1.82, 2.24) is 0 Å². The Morgan fingerprint density at radius 3 is 1.97 bits per heavy atom. The molecule has 0 spiro atoms. The van der Waals surface area contributed by atoms with Crippen LogP contribution in [0.2, 0.25) is 0 Å². The summed E-state index contributed by atoms with van der Waals surface area (Å²) in [5.41, 5.74) is 2.38. The van der Waals surface area contributed by atoms with E-state index in [2.05, 4.69) is 53.8 Å². The number of rotatable bonds is 11. The molecule has 208 valence electrons. The lowest BCUT2D eigenvalue weighted by Crippen LogP contribution is -2.87. The Morgan fingerprint density at radius 2 is 1.49 bits per heavy atom. The molecule has 1 heterocycles. The SMILES string of the molecule is COc1cccc(OC)c1OCC[NH2+]C[C@H]1CO[C@H](C(c2ccccc2)c2ccccc2)O1.O=C([O-])C(=O)O. The van der Waals surface area contributed by atoms with Crippen molar-refractivity contribution in [2.75, 3.05) is 40.5 Å². The van der Waals surface area contributed by atoms with E-state index in [1.807, 2.05) is 30.3 Å². The average Bonchev–Trinajstić information content (AvgIpc) is 3.42. The first kappa shape index (κ1) is 29.4. The van der Waals surface area contributed by atoms with Crippen LogP contribution in [0.25, 0.3) is 0 Å². The standard InChI is InChI=1S/C27H31NO5.C2H2O4/c1-29-23-14-9-15-24(30-2)26(23)31-17-16-28-18-22-19-32-27(33-22)25(20-10-5-3-6-11-20)21-12-7-4-8-13-21;3-1(4)2(5)6/h3-15,22,25,27-28H,16-19H2,1-2H3;(H,3,4)(H,5,6)/t22-,27-;/m0./s1. The maximum Gasteiger partial charge on any atom is 0.351 e. The molecular formula is C29H33NO9. The van der Waals surface area contributed by atoms with Crippen LogP contribution in [0.1, 0.15) is 17.0 Å². The zero-order valence-corrected chi connectivity index (χ0v) is 21.9. The summed E-state index contributed by atoms with van der Waals surface area (Å²) in [5, 5.41) is 18.5. The third kappa shape index (κ3) is 8.71. The second kappa shape index (κ2) is 15.3. The van der Waals surface area contributed by atoms with Crippen LogP contribution in [0.5, 0.6) is 17.2 Å². The topological polar surface area (TPSA) is 140 Å². The summed E-state index contributed by atoms with van der Waals surface area (Å²) in [4.78, 5) is 18.0. The first-order valence-electron chi connectivity index (χ1n) is 12.4. The Hall–Kier alpha value is -4.12. The molecule has 0 amide bonds. The third-order valence-corrected chi connectivity index (χ3v) is 5.92. The highest BCUT2D eigenvalue weighted by atomic mass is 16.7. The second-order valence-electron chi connectivity index (χ2n) is 8.50. The summed E-state index contributed by atoms with van der Waals surface area (Å²) in [6, 6.07) is 26.4. The van der Waals surface area contributed by atoms with Gasteiger partial charge < -0.3 is 44.0 Å². The average molecular weight is 540 g/mol. The molecule has 4 rings (SSSR count). The Morgan fingerprint density at radius 1 is 0.949 bits per heavy atom. The van der Waals surface area contributed by atoms with Gasteiger partial charge in [0, 0.05) is 0 Å². The van der Waals surface area contributed by atoms with Crippen LogP contribution in [0.4, 0.5) is 0 Å². The van der Waals surface area contributed by atoms with Gasteiger partial charge in [-0.2, -0.15) is 0 Å². The smallest absolute Gasteiger partial charge is 0.351 e. The number of aliphatic carboxylic acids is 2. The molecule has 0 bridgehead atoms. The van der Waals surface area contributed by atoms with Crippen LogP contribution in [0.15, 0.2) is 78.9 Å². The molecule has 2 atom stereocenters. The molecule has 3 aromatic rings. The van der Waals surface area contributed by atoms with E-state index in [-0.39, 0.29) is 18.3 Å². The summed E-state index contributed by atoms with van der Waals surface area (Å²) >= 11 is 0. The Labute approximate surface area is 227 Å². The minimum absolute atomic E-state index is 0.0331. The maximum absolute atomic E-state index is 9.04. The zero-order valence-electron chi connectivity index (χ0n) is 21.9. The monoisotopic (exact) mass is 539 g/mol. The molecule has 0 radical (unpaired) electrons. The molecule has 0 aliphatic carbocycles. The van der Waals surface area contributed by atoms with Crippen molar-refractivity contribution in [1.29, 1.82) is 0 Å². The molecule has 1 fully saturated rings. The molecule has 1 aliphatic heterocycles. The van der Waals surface area contributed by atoms with E-state index in [0.717, 1.165) is 13.1 Å². The van der Waals surface area contributed by atoms with E-state index in [1.165, 1.54) is 11.1 Å². The van der Waals surface area contributed by atoms with Gasteiger partial charge in [0.2, 0.25) is 5.75 Å². The molecular weight excluding hydrogens is 506 g/mol. The van der Waals surface area contributed by atoms with Gasteiger partial charge in [0.05, 0.1) is 26.7 Å². The van der Waals surface area contributed by atoms with Crippen molar-refractivity contribution >= 4 is 11.9 Å². The van der Waals surface area contributed by atoms with Gasteiger partial charge in [-0.1, -0.05) is 66.7 Å². The normalized spacial score (nSPS) is 16.2. The largest absolute Gasteiger partial charge is 0.539 e. The lowest BCUT2D eigenvalue weighted by molar-refractivity contribution is -0.661. The Kier molecular flexibility index (Phi) is 11.6. The van der Waals surface area contributed by atoms with Crippen molar-refractivity contribution in [3.63, 3.8) is 0 Å². The number of para-hydroxylation sites is 1. The molecule has 0 unspecified atom stereocenters. The number of benzene rings is 3. The Balaban J connectivity index is 0.000000631. The van der Waals surface area contributed by atoms with Gasteiger partial charge in [-0.15, -0.1) is 0 Å². The predicted molar refractivity (Wildman–Crippen MR) is 139 cm³/mol. The van der Waals surface area contributed by atoms with Crippen LogP contribution in [-0.4, -0.2) is 70.0 Å². The highest BCUT2D eigenvalue weighted by Crippen LogP contribution is 2.36. The van der Waals surface area contributed by atoms with Crippen molar-refractivity contribution < 1.29 is 48.8 Å². The van der Waals surface area contributed by atoms with Crippen LogP contribution in [0.3, 0.4) is 0 Å². The van der Waals surface area contributed by atoms with Gasteiger partial charge in [-0.25, -0.2) is 4.79 Å². The number of carboxylic acids is 2. The molecule has 1 saturated heterocycles. The van der Waals surface area contributed by atoms with Gasteiger partial charge in [0.15, 0.2) is 23.8 Å². The molecule has 10 heteroatoms. The molecule has 0 saturated carbocycles. The van der Waals surface area contributed by atoms with E-state index < -0.39 is 11.9 Å². The molecule has 0 aromatic heterocycles. The highest BCUT2D eigenvalue weighted by molar-refractivity contribution is 6.26. The summed E-state index contributed by atoms with van der Waals surface area (Å²) in [6.45, 7) is 2.70. The summed E-state index contributed by atoms with van der Waals surface area (Å²) < 4.78 is 29.2. The van der Waals surface area contributed by atoms with E-state index in [0.29, 0.717) is 30.5 Å². The van der Waals surface area contributed by atoms with Crippen LogP contribution >= 0.6 is 0 Å². The number of ether oxygens (including phenoxy) is 5. The quantitative estimate of drug-likeness (QED) is 0.270. The highest BCUT2D eigenvalue weighted by Gasteiger charge is 2.35. The third-order valence-electron chi connectivity index (χ3n) is 5.92. The number of carbonyl (C=O) groups is 2. The van der Waals surface area contributed by atoms with Crippen molar-refractivity contribution in [2.24, 2.45) is 0 Å². The van der Waals surface area contributed by atoms with E-state index in [4.69, 9.17) is 43.5 Å². The van der Waals surface area contributed by atoms with Crippen molar-refractivity contribution in [3.05, 3.63) is 90.0 Å². The maximum atomic E-state index is 9.04. The van der Waals surface area contributed by atoms with Gasteiger partial charge in [-0.05, 0) is 23.3 Å². The van der Waals surface area contributed by atoms with E-state index >= 15 is 0 Å². The summed E-state index contributed by atoms with van der Waals surface area (Å²) in [7, 11) is 3.25. The number of carbonyl (C=O) groups excluding carboxylic acids is 1. The molecule has 10 nitrogen and oxygen atoms in total. The fourth-order valence-electron chi connectivity index (χ4n) is 4.10. The number of hydrogen-bond donors (Lipinski definition) is 2. The molecule has 1 aliphatic rings. The van der Waals surface area contributed by atoms with Crippen LogP contribution in [-0.2, 0) is 19.1 Å².